The number of hydrogen-bond acceptors (Lipinski definition) is 3. The number of rotatable bonds is 4. The van der Waals surface area contributed by atoms with E-state index in [1.54, 1.807) is 13.1 Å². The van der Waals surface area contributed by atoms with Gasteiger partial charge in [-0.15, -0.1) is 13.2 Å². The molecule has 0 unspecified atom stereocenters. The Hall–Kier alpha value is -1.76. The van der Waals surface area contributed by atoms with Crippen molar-refractivity contribution in [2.24, 2.45) is 5.92 Å². The predicted molar refractivity (Wildman–Crippen MR) is 70.6 cm³/mol. The number of para-hydroxylation sites is 1. The molecule has 0 aliphatic carbocycles. The van der Waals surface area contributed by atoms with Crippen LogP contribution in [0.5, 0.6) is 5.75 Å². The minimum atomic E-state index is -4.74. The van der Waals surface area contributed by atoms with Crippen molar-refractivity contribution in [1.29, 1.82) is 0 Å². The van der Waals surface area contributed by atoms with Gasteiger partial charge in [0.25, 0.3) is 0 Å². The lowest BCUT2D eigenvalue weighted by molar-refractivity contribution is -0.275. The Bertz CT molecular complexity index is 499. The summed E-state index contributed by atoms with van der Waals surface area (Å²) >= 11 is 0. The number of nitrogens with zero attached hydrogens (tertiary/aromatic N) is 1. The summed E-state index contributed by atoms with van der Waals surface area (Å²) in [5, 5.41) is 3.09. The summed E-state index contributed by atoms with van der Waals surface area (Å²) in [6.07, 6.45) is -3.99. The van der Waals surface area contributed by atoms with E-state index in [-0.39, 0.29) is 24.1 Å². The molecule has 1 aliphatic heterocycles. The Morgan fingerprint density at radius 1 is 1.43 bits per heavy atom. The fraction of sp³-hybridized carbons (Fsp3) is 0.500. The zero-order valence-electron chi connectivity index (χ0n) is 11.6. The van der Waals surface area contributed by atoms with Crippen LogP contribution in [0.25, 0.3) is 0 Å². The van der Waals surface area contributed by atoms with Crippen LogP contribution in [0.4, 0.5) is 13.2 Å². The summed E-state index contributed by atoms with van der Waals surface area (Å²) in [6, 6.07) is 5.86. The van der Waals surface area contributed by atoms with E-state index < -0.39 is 6.36 Å². The lowest BCUT2D eigenvalue weighted by atomic mass is 10.1. The number of amides is 1. The maximum atomic E-state index is 12.4. The second-order valence-electron chi connectivity index (χ2n) is 5.04. The zero-order chi connectivity index (χ0) is 15.5. The standard InChI is InChI=1S/C14H17F3N2O2/c1-19(13(20)10-6-7-18-8-10)9-11-4-2-3-5-12(11)21-14(15,16)17/h2-5,10,18H,6-9H2,1H3/t10-/m1/s1. The van der Waals surface area contributed by atoms with Crippen LogP contribution in [0.3, 0.4) is 0 Å². The van der Waals surface area contributed by atoms with Gasteiger partial charge in [0.1, 0.15) is 5.75 Å². The van der Waals surface area contributed by atoms with Gasteiger partial charge in [-0.2, -0.15) is 0 Å². The molecule has 1 fully saturated rings. The zero-order valence-corrected chi connectivity index (χ0v) is 11.6. The highest BCUT2D eigenvalue weighted by Gasteiger charge is 2.32. The van der Waals surface area contributed by atoms with Crippen LogP contribution < -0.4 is 10.1 Å². The second kappa shape index (κ2) is 6.34. The van der Waals surface area contributed by atoms with E-state index >= 15 is 0 Å². The first kappa shape index (κ1) is 15.6. The number of alkyl halides is 3. The Morgan fingerprint density at radius 2 is 2.14 bits per heavy atom. The molecule has 1 aliphatic rings. The van der Waals surface area contributed by atoms with Crippen molar-refractivity contribution in [2.45, 2.75) is 19.3 Å². The van der Waals surface area contributed by atoms with Gasteiger partial charge in [0.2, 0.25) is 5.91 Å². The molecule has 21 heavy (non-hydrogen) atoms. The lowest BCUT2D eigenvalue weighted by Gasteiger charge is -2.22. The van der Waals surface area contributed by atoms with Crippen molar-refractivity contribution in [3.8, 4) is 5.75 Å². The molecule has 1 heterocycles. The average Bonchev–Trinajstić information content (AvgIpc) is 2.92. The van der Waals surface area contributed by atoms with Gasteiger partial charge >= 0.3 is 6.36 Å². The number of carbonyl (C=O) groups is 1. The van der Waals surface area contributed by atoms with Crippen molar-refractivity contribution in [3.05, 3.63) is 29.8 Å². The van der Waals surface area contributed by atoms with E-state index in [1.807, 2.05) is 0 Å². The molecule has 0 spiro atoms. The molecule has 1 amide bonds. The third-order valence-corrected chi connectivity index (χ3v) is 3.39. The minimum absolute atomic E-state index is 0.0678. The summed E-state index contributed by atoms with van der Waals surface area (Å²) in [6.45, 7) is 1.49. The predicted octanol–water partition coefficient (Wildman–Crippen LogP) is 2.15. The van der Waals surface area contributed by atoms with Crippen LogP contribution in [-0.4, -0.2) is 37.3 Å². The molecular weight excluding hydrogens is 285 g/mol. The topological polar surface area (TPSA) is 41.6 Å². The van der Waals surface area contributed by atoms with Crippen molar-refractivity contribution in [3.63, 3.8) is 0 Å². The minimum Gasteiger partial charge on any atom is -0.405 e. The molecule has 0 aromatic heterocycles. The quantitative estimate of drug-likeness (QED) is 0.926. The highest BCUT2D eigenvalue weighted by molar-refractivity contribution is 5.79. The van der Waals surface area contributed by atoms with E-state index in [4.69, 9.17) is 0 Å². The van der Waals surface area contributed by atoms with Crippen molar-refractivity contribution in [1.82, 2.24) is 10.2 Å². The summed E-state index contributed by atoms with van der Waals surface area (Å²) in [7, 11) is 1.59. The van der Waals surface area contributed by atoms with Crippen molar-refractivity contribution >= 4 is 5.91 Å². The highest BCUT2D eigenvalue weighted by atomic mass is 19.4. The summed E-state index contributed by atoms with van der Waals surface area (Å²) in [4.78, 5) is 13.6. The molecule has 1 saturated heterocycles. The Morgan fingerprint density at radius 3 is 2.76 bits per heavy atom. The molecule has 1 aromatic rings. The van der Waals surface area contributed by atoms with E-state index in [9.17, 15) is 18.0 Å². The number of ether oxygens (including phenoxy) is 1. The van der Waals surface area contributed by atoms with E-state index in [0.29, 0.717) is 12.1 Å². The fourth-order valence-corrected chi connectivity index (χ4v) is 2.37. The fourth-order valence-electron chi connectivity index (χ4n) is 2.37. The van der Waals surface area contributed by atoms with Crippen LogP contribution >= 0.6 is 0 Å². The highest BCUT2D eigenvalue weighted by Crippen LogP contribution is 2.27. The molecule has 2 rings (SSSR count). The molecule has 0 saturated carbocycles. The van der Waals surface area contributed by atoms with Gasteiger partial charge in [-0.05, 0) is 19.0 Å². The summed E-state index contributed by atoms with van der Waals surface area (Å²) < 4.78 is 41.0. The van der Waals surface area contributed by atoms with Crippen LogP contribution in [0.15, 0.2) is 24.3 Å². The van der Waals surface area contributed by atoms with Crippen LogP contribution in [0.1, 0.15) is 12.0 Å². The van der Waals surface area contributed by atoms with Gasteiger partial charge in [-0.1, -0.05) is 18.2 Å². The molecule has 0 bridgehead atoms. The number of carbonyl (C=O) groups excluding carboxylic acids is 1. The number of benzene rings is 1. The van der Waals surface area contributed by atoms with Gasteiger partial charge in [0, 0.05) is 25.7 Å². The third kappa shape index (κ3) is 4.35. The average molecular weight is 302 g/mol. The molecule has 7 heteroatoms. The van der Waals surface area contributed by atoms with Crippen molar-refractivity contribution in [2.75, 3.05) is 20.1 Å². The number of hydrogen-bond donors (Lipinski definition) is 1. The molecular formula is C14H17F3N2O2. The van der Waals surface area contributed by atoms with Gasteiger partial charge in [0.15, 0.2) is 0 Å². The van der Waals surface area contributed by atoms with Gasteiger partial charge in [-0.3, -0.25) is 4.79 Å². The molecule has 0 radical (unpaired) electrons. The van der Waals surface area contributed by atoms with Gasteiger partial charge < -0.3 is 15.0 Å². The smallest absolute Gasteiger partial charge is 0.405 e. The van der Waals surface area contributed by atoms with Gasteiger partial charge in [-0.25, -0.2) is 0 Å². The first-order chi connectivity index (χ1) is 9.87. The van der Waals surface area contributed by atoms with E-state index in [1.165, 1.54) is 23.1 Å². The molecule has 116 valence electrons. The molecule has 1 N–H and O–H groups in total. The first-order valence-electron chi connectivity index (χ1n) is 6.66. The number of halogens is 3. The summed E-state index contributed by atoms with van der Waals surface area (Å²) in [5.74, 6) is -0.443. The monoisotopic (exact) mass is 302 g/mol. The third-order valence-electron chi connectivity index (χ3n) is 3.39. The normalized spacial score (nSPS) is 18.6. The molecule has 1 atom stereocenters. The van der Waals surface area contributed by atoms with Crippen LogP contribution in [-0.2, 0) is 11.3 Å². The van der Waals surface area contributed by atoms with E-state index in [0.717, 1.165) is 13.0 Å². The summed E-state index contributed by atoms with van der Waals surface area (Å²) in [5.41, 5.74) is 0.330. The maximum Gasteiger partial charge on any atom is 0.573 e. The molecule has 4 nitrogen and oxygen atoms in total. The number of nitrogens with one attached hydrogen (secondary N) is 1. The van der Waals surface area contributed by atoms with Crippen LogP contribution in [0.2, 0.25) is 0 Å². The molecule has 1 aromatic carbocycles. The second-order valence-corrected chi connectivity index (χ2v) is 5.04. The maximum absolute atomic E-state index is 12.4. The van der Waals surface area contributed by atoms with Gasteiger partial charge in [0.05, 0.1) is 5.92 Å². The van der Waals surface area contributed by atoms with Crippen molar-refractivity contribution < 1.29 is 22.7 Å². The largest absolute Gasteiger partial charge is 0.573 e. The first-order valence-corrected chi connectivity index (χ1v) is 6.66. The lowest BCUT2D eigenvalue weighted by Crippen LogP contribution is -2.33. The Balaban J connectivity index is 2.06. The SMILES string of the molecule is CN(Cc1ccccc1OC(F)(F)F)C(=O)[C@@H]1CCNC1. The Kier molecular flexibility index (Phi) is 4.72. The van der Waals surface area contributed by atoms with Crippen LogP contribution in [0, 0.1) is 5.92 Å². The Labute approximate surface area is 120 Å². The van der Waals surface area contributed by atoms with E-state index in [2.05, 4.69) is 10.1 Å².